The van der Waals surface area contributed by atoms with Gasteiger partial charge in [0, 0.05) is 17.5 Å². The van der Waals surface area contributed by atoms with Gasteiger partial charge in [-0.2, -0.15) is 5.26 Å². The number of nitriles is 1. The van der Waals surface area contributed by atoms with Crippen molar-refractivity contribution in [1.29, 1.82) is 5.26 Å². The minimum absolute atomic E-state index is 0.176. The van der Waals surface area contributed by atoms with E-state index in [4.69, 9.17) is 0 Å². The van der Waals surface area contributed by atoms with Crippen molar-refractivity contribution in [2.75, 3.05) is 7.05 Å². The Morgan fingerprint density at radius 1 is 1.57 bits per heavy atom. The molecule has 1 aliphatic rings. The van der Waals surface area contributed by atoms with E-state index in [0.717, 1.165) is 29.8 Å². The molecule has 3 rings (SSSR count). The summed E-state index contributed by atoms with van der Waals surface area (Å²) in [7, 11) is 1.87. The molecule has 2 aromatic rings. The van der Waals surface area contributed by atoms with Crippen LogP contribution in [0.5, 0.6) is 0 Å². The lowest BCUT2D eigenvalue weighted by molar-refractivity contribution is 0.642. The van der Waals surface area contributed by atoms with Gasteiger partial charge < -0.3 is 5.32 Å². The average Bonchev–Trinajstić information content (AvgIpc) is 3.25. The molecule has 0 bridgehead atoms. The van der Waals surface area contributed by atoms with E-state index in [2.05, 4.69) is 21.6 Å². The number of hydrogen-bond donors (Lipinski definition) is 2. The Morgan fingerprint density at radius 2 is 2.38 bits per heavy atom. The summed E-state index contributed by atoms with van der Waals surface area (Å²) in [5.74, 6) is 0. The van der Waals surface area contributed by atoms with Gasteiger partial charge in [-0.1, -0.05) is 6.07 Å². The maximum atomic E-state index is 11.8. The highest BCUT2D eigenvalue weighted by Gasteiger charge is 2.29. The third-order valence-corrected chi connectivity index (χ3v) is 4.38. The Kier molecular flexibility index (Phi) is 3.82. The van der Waals surface area contributed by atoms with Crippen molar-refractivity contribution >= 4 is 11.8 Å². The summed E-state index contributed by atoms with van der Waals surface area (Å²) in [6, 6.07) is 8.22. The zero-order valence-corrected chi connectivity index (χ0v) is 12.4. The van der Waals surface area contributed by atoms with Crippen LogP contribution in [0.25, 0.3) is 0 Å². The number of nitrogens with one attached hydrogen (secondary N) is 2. The van der Waals surface area contributed by atoms with Gasteiger partial charge in [0.05, 0.1) is 5.56 Å². The zero-order valence-electron chi connectivity index (χ0n) is 11.6. The molecule has 0 amide bonds. The molecule has 1 aliphatic carbocycles. The maximum absolute atomic E-state index is 11.8. The van der Waals surface area contributed by atoms with E-state index < -0.39 is 0 Å². The van der Waals surface area contributed by atoms with E-state index in [-0.39, 0.29) is 11.7 Å². The van der Waals surface area contributed by atoms with Crippen molar-refractivity contribution in [3.8, 4) is 6.07 Å². The van der Waals surface area contributed by atoms with Crippen LogP contribution in [0.2, 0.25) is 0 Å². The minimum atomic E-state index is -0.176. The largest absolute Gasteiger partial charge is 0.344 e. The molecule has 1 aromatic heterocycles. The van der Waals surface area contributed by atoms with Crippen LogP contribution in [-0.4, -0.2) is 21.8 Å². The SMILES string of the molecule is CNCc1ccc(Sc2n[nH]c(=O)n2C2CC2)c(C#N)c1. The molecular formula is C14H15N5OS. The molecule has 0 aliphatic heterocycles. The molecule has 1 aromatic carbocycles. The lowest BCUT2D eigenvalue weighted by Crippen LogP contribution is -2.16. The summed E-state index contributed by atoms with van der Waals surface area (Å²) < 4.78 is 1.69. The summed E-state index contributed by atoms with van der Waals surface area (Å²) in [6.07, 6.45) is 2.03. The van der Waals surface area contributed by atoms with Gasteiger partial charge >= 0.3 is 5.69 Å². The molecule has 2 N–H and O–H groups in total. The Hall–Kier alpha value is -2.04. The van der Waals surface area contributed by atoms with Gasteiger partial charge in [-0.05, 0) is 49.3 Å². The summed E-state index contributed by atoms with van der Waals surface area (Å²) in [5.41, 5.74) is 1.48. The van der Waals surface area contributed by atoms with E-state index in [1.807, 2.05) is 25.2 Å². The number of benzene rings is 1. The van der Waals surface area contributed by atoms with Gasteiger partial charge in [0.1, 0.15) is 6.07 Å². The number of hydrogen-bond acceptors (Lipinski definition) is 5. The van der Waals surface area contributed by atoms with E-state index in [1.54, 1.807) is 4.57 Å². The maximum Gasteiger partial charge on any atom is 0.344 e. The van der Waals surface area contributed by atoms with Crippen molar-refractivity contribution in [3.63, 3.8) is 0 Å². The van der Waals surface area contributed by atoms with Crippen LogP contribution >= 0.6 is 11.8 Å². The molecule has 6 nitrogen and oxygen atoms in total. The number of aromatic amines is 1. The second-order valence-corrected chi connectivity index (χ2v) is 6.00. The van der Waals surface area contributed by atoms with E-state index in [9.17, 15) is 10.1 Å². The molecule has 1 heterocycles. The fraction of sp³-hybridized carbons (Fsp3) is 0.357. The molecule has 0 saturated heterocycles. The Balaban J connectivity index is 1.91. The molecule has 0 atom stereocenters. The number of nitrogens with zero attached hydrogens (tertiary/aromatic N) is 3. The summed E-state index contributed by atoms with van der Waals surface area (Å²) >= 11 is 1.36. The van der Waals surface area contributed by atoms with Crippen molar-refractivity contribution in [2.45, 2.75) is 35.5 Å². The quantitative estimate of drug-likeness (QED) is 0.877. The van der Waals surface area contributed by atoms with Gasteiger partial charge in [-0.15, -0.1) is 5.10 Å². The predicted octanol–water partition coefficient (Wildman–Crippen LogP) is 1.65. The van der Waals surface area contributed by atoms with Gasteiger partial charge in [-0.3, -0.25) is 4.57 Å². The van der Waals surface area contributed by atoms with Crippen molar-refractivity contribution in [1.82, 2.24) is 20.1 Å². The Morgan fingerprint density at radius 3 is 3.05 bits per heavy atom. The fourth-order valence-electron chi connectivity index (χ4n) is 2.18. The summed E-state index contributed by atoms with van der Waals surface area (Å²) in [6.45, 7) is 0.717. The zero-order chi connectivity index (χ0) is 14.8. The highest BCUT2D eigenvalue weighted by Crippen LogP contribution is 2.38. The van der Waals surface area contributed by atoms with Crippen molar-refractivity contribution in [2.24, 2.45) is 0 Å². The molecular weight excluding hydrogens is 286 g/mol. The van der Waals surface area contributed by atoms with Crippen LogP contribution < -0.4 is 11.0 Å². The van der Waals surface area contributed by atoms with E-state index >= 15 is 0 Å². The smallest absolute Gasteiger partial charge is 0.316 e. The number of rotatable bonds is 5. The second kappa shape index (κ2) is 5.76. The van der Waals surface area contributed by atoms with Crippen LogP contribution in [0.15, 0.2) is 33.0 Å². The van der Waals surface area contributed by atoms with E-state index in [1.165, 1.54) is 11.8 Å². The van der Waals surface area contributed by atoms with Crippen LogP contribution in [0.1, 0.15) is 30.0 Å². The van der Waals surface area contributed by atoms with Gasteiger partial charge in [0.15, 0.2) is 5.16 Å². The van der Waals surface area contributed by atoms with Gasteiger partial charge in [0.25, 0.3) is 0 Å². The molecule has 21 heavy (non-hydrogen) atoms. The number of H-pyrrole nitrogens is 1. The highest BCUT2D eigenvalue weighted by molar-refractivity contribution is 7.99. The molecule has 0 radical (unpaired) electrons. The first-order valence-corrected chi connectivity index (χ1v) is 7.57. The number of aromatic nitrogens is 3. The van der Waals surface area contributed by atoms with Crippen molar-refractivity contribution < 1.29 is 0 Å². The fourth-order valence-corrected chi connectivity index (χ4v) is 3.15. The Bertz CT molecular complexity index is 753. The lowest BCUT2D eigenvalue weighted by Gasteiger charge is -2.07. The molecule has 1 saturated carbocycles. The monoisotopic (exact) mass is 301 g/mol. The van der Waals surface area contributed by atoms with Crippen LogP contribution in [0, 0.1) is 11.3 Å². The standard InChI is InChI=1S/C14H15N5OS/c1-16-8-9-2-5-12(10(6-9)7-15)21-14-18-17-13(20)19(14)11-3-4-11/h2,5-6,11,16H,3-4,8H2,1H3,(H,17,20). The Labute approximate surface area is 126 Å². The van der Waals surface area contributed by atoms with Crippen LogP contribution in [0.4, 0.5) is 0 Å². The summed E-state index contributed by atoms with van der Waals surface area (Å²) in [5, 5.41) is 19.6. The predicted molar refractivity (Wildman–Crippen MR) is 79.2 cm³/mol. The second-order valence-electron chi connectivity index (χ2n) is 4.99. The minimum Gasteiger partial charge on any atom is -0.316 e. The lowest BCUT2D eigenvalue weighted by atomic mass is 10.1. The molecule has 1 fully saturated rings. The summed E-state index contributed by atoms with van der Waals surface area (Å²) in [4.78, 5) is 12.6. The van der Waals surface area contributed by atoms with Crippen LogP contribution in [-0.2, 0) is 6.54 Å². The highest BCUT2D eigenvalue weighted by atomic mass is 32.2. The third kappa shape index (κ3) is 2.86. The first kappa shape index (κ1) is 13.9. The van der Waals surface area contributed by atoms with Gasteiger partial charge in [-0.25, -0.2) is 9.89 Å². The molecule has 108 valence electrons. The topological polar surface area (TPSA) is 86.5 Å². The van der Waals surface area contributed by atoms with E-state index in [0.29, 0.717) is 10.7 Å². The molecule has 7 heteroatoms. The van der Waals surface area contributed by atoms with Crippen molar-refractivity contribution in [3.05, 3.63) is 39.8 Å². The van der Waals surface area contributed by atoms with Crippen LogP contribution in [0.3, 0.4) is 0 Å². The first-order valence-electron chi connectivity index (χ1n) is 6.75. The normalized spacial score (nSPS) is 14.1. The molecule has 0 unspecified atom stereocenters. The van der Waals surface area contributed by atoms with Gasteiger partial charge in [0.2, 0.25) is 0 Å². The average molecular weight is 301 g/mol. The first-order chi connectivity index (χ1) is 10.2. The molecule has 0 spiro atoms. The third-order valence-electron chi connectivity index (χ3n) is 3.33.